The fraction of sp³-hybridized carbons (Fsp3) is 0.833. The van der Waals surface area contributed by atoms with E-state index in [1.54, 1.807) is 16.7 Å². The van der Waals surface area contributed by atoms with Crippen molar-refractivity contribution >= 4 is 11.8 Å². The summed E-state index contributed by atoms with van der Waals surface area (Å²) >= 11 is 0. The molecule has 5 heteroatoms. The van der Waals surface area contributed by atoms with E-state index in [0.717, 1.165) is 12.8 Å². The van der Waals surface area contributed by atoms with Crippen molar-refractivity contribution in [2.45, 2.75) is 45.7 Å². The first-order valence-electron chi connectivity index (χ1n) is 6.37. The first-order valence-corrected chi connectivity index (χ1v) is 6.37. The summed E-state index contributed by atoms with van der Waals surface area (Å²) in [5.74, 6) is -0.0818. The number of likely N-dealkylation sites (N-methyl/N-ethyl adjacent to an activating group) is 1. The Morgan fingerprint density at radius 3 is 2.65 bits per heavy atom. The van der Waals surface area contributed by atoms with E-state index in [2.05, 4.69) is 0 Å². The number of nitrogens with zero attached hydrogens (tertiary/aromatic N) is 2. The van der Waals surface area contributed by atoms with Crippen molar-refractivity contribution < 1.29 is 9.59 Å². The van der Waals surface area contributed by atoms with E-state index in [1.807, 2.05) is 13.8 Å². The lowest BCUT2D eigenvalue weighted by Crippen LogP contribution is -2.56. The molecule has 1 rings (SSSR count). The number of hydrogen-bond acceptors (Lipinski definition) is 3. The summed E-state index contributed by atoms with van der Waals surface area (Å²) in [5.41, 5.74) is 5.73. The third-order valence-corrected chi connectivity index (χ3v) is 3.41. The van der Waals surface area contributed by atoms with Crippen molar-refractivity contribution in [3.05, 3.63) is 0 Å². The minimum atomic E-state index is -0.435. The van der Waals surface area contributed by atoms with Gasteiger partial charge in [0.1, 0.15) is 6.04 Å². The Kier molecular flexibility index (Phi) is 4.93. The number of nitrogens with two attached hydrogens (primary N) is 1. The summed E-state index contributed by atoms with van der Waals surface area (Å²) in [6, 6.07) is -0.829. The molecule has 5 nitrogen and oxygen atoms in total. The second kappa shape index (κ2) is 6.00. The maximum absolute atomic E-state index is 12.1. The van der Waals surface area contributed by atoms with Crippen LogP contribution in [0.25, 0.3) is 0 Å². The van der Waals surface area contributed by atoms with Crippen LogP contribution in [0, 0.1) is 0 Å². The number of carbonyl (C=O) groups excluding carboxylic acids is 2. The first kappa shape index (κ1) is 14.0. The summed E-state index contributed by atoms with van der Waals surface area (Å²) in [6.45, 7) is 7.66. The van der Waals surface area contributed by atoms with Gasteiger partial charge in [-0.1, -0.05) is 0 Å². The van der Waals surface area contributed by atoms with Gasteiger partial charge in [-0.2, -0.15) is 0 Å². The van der Waals surface area contributed by atoms with E-state index in [0.29, 0.717) is 19.6 Å². The maximum Gasteiger partial charge on any atom is 0.245 e. The molecule has 0 aromatic rings. The number of rotatable bonds is 4. The highest BCUT2D eigenvalue weighted by molar-refractivity contribution is 5.89. The highest BCUT2D eigenvalue weighted by Crippen LogP contribution is 2.14. The largest absolute Gasteiger partial charge is 0.341 e. The molecule has 1 aliphatic heterocycles. The molecule has 0 bridgehead atoms. The molecule has 2 atom stereocenters. The highest BCUT2D eigenvalue weighted by Gasteiger charge is 2.33. The van der Waals surface area contributed by atoms with Crippen LogP contribution in [0.1, 0.15) is 33.6 Å². The number of likely N-dealkylation sites (tertiary alicyclic amines) is 1. The molecule has 2 unspecified atom stereocenters. The SMILES string of the molecule is CCN(CC)C(=O)C(C)N1CCCC(N)C1=O. The Morgan fingerprint density at radius 2 is 2.12 bits per heavy atom. The third-order valence-electron chi connectivity index (χ3n) is 3.41. The zero-order valence-electron chi connectivity index (χ0n) is 11.0. The Balaban J connectivity index is 2.71. The van der Waals surface area contributed by atoms with E-state index in [-0.39, 0.29) is 11.8 Å². The molecule has 1 saturated heterocycles. The predicted molar refractivity (Wildman–Crippen MR) is 66.3 cm³/mol. The maximum atomic E-state index is 12.1. The molecule has 2 N–H and O–H groups in total. The lowest BCUT2D eigenvalue weighted by Gasteiger charge is -2.36. The van der Waals surface area contributed by atoms with Crippen LogP contribution in [0.3, 0.4) is 0 Å². The molecular formula is C12H23N3O2. The van der Waals surface area contributed by atoms with Crippen molar-refractivity contribution in [2.24, 2.45) is 5.73 Å². The second-order valence-electron chi connectivity index (χ2n) is 4.47. The van der Waals surface area contributed by atoms with Gasteiger partial charge in [0.2, 0.25) is 11.8 Å². The molecule has 2 amide bonds. The number of hydrogen-bond donors (Lipinski definition) is 1. The molecule has 17 heavy (non-hydrogen) atoms. The average molecular weight is 241 g/mol. The predicted octanol–water partition coefficient (Wildman–Crippen LogP) is 0.193. The molecule has 0 saturated carbocycles. The van der Waals surface area contributed by atoms with Gasteiger partial charge in [-0.05, 0) is 33.6 Å². The van der Waals surface area contributed by atoms with Crippen molar-refractivity contribution in [3.63, 3.8) is 0 Å². The summed E-state index contributed by atoms with van der Waals surface area (Å²) in [5, 5.41) is 0. The quantitative estimate of drug-likeness (QED) is 0.764. The topological polar surface area (TPSA) is 66.6 Å². The van der Waals surface area contributed by atoms with Crippen LogP contribution in [-0.4, -0.2) is 53.3 Å². The summed E-state index contributed by atoms with van der Waals surface area (Å²) in [7, 11) is 0. The van der Waals surface area contributed by atoms with Crippen molar-refractivity contribution in [3.8, 4) is 0 Å². The van der Waals surface area contributed by atoms with E-state index in [4.69, 9.17) is 5.73 Å². The molecule has 0 radical (unpaired) electrons. The molecule has 1 fully saturated rings. The number of piperidine rings is 1. The van der Waals surface area contributed by atoms with Gasteiger partial charge < -0.3 is 15.5 Å². The van der Waals surface area contributed by atoms with Crippen LogP contribution in [0.4, 0.5) is 0 Å². The molecule has 0 aliphatic carbocycles. The zero-order valence-corrected chi connectivity index (χ0v) is 11.0. The highest BCUT2D eigenvalue weighted by atomic mass is 16.2. The zero-order chi connectivity index (χ0) is 13.0. The molecule has 0 aromatic carbocycles. The minimum absolute atomic E-state index is 0.0115. The van der Waals surface area contributed by atoms with Crippen LogP contribution < -0.4 is 5.73 Å². The summed E-state index contributed by atoms with van der Waals surface area (Å²) in [4.78, 5) is 27.4. The standard InChI is InChI=1S/C12H23N3O2/c1-4-14(5-2)11(16)9(3)15-8-6-7-10(13)12(15)17/h9-10H,4-8,13H2,1-3H3. The first-order chi connectivity index (χ1) is 8.02. The Hall–Kier alpha value is -1.10. The second-order valence-corrected chi connectivity index (χ2v) is 4.47. The number of amides is 2. The number of carbonyl (C=O) groups is 2. The molecule has 98 valence electrons. The Morgan fingerprint density at radius 1 is 1.53 bits per heavy atom. The van der Waals surface area contributed by atoms with Crippen LogP contribution >= 0.6 is 0 Å². The van der Waals surface area contributed by atoms with Gasteiger partial charge in [0.15, 0.2) is 0 Å². The summed E-state index contributed by atoms with van der Waals surface area (Å²) < 4.78 is 0. The molecule has 0 spiro atoms. The van der Waals surface area contributed by atoms with Crippen LogP contribution in [0.15, 0.2) is 0 Å². The van der Waals surface area contributed by atoms with Gasteiger partial charge in [0.05, 0.1) is 6.04 Å². The normalized spacial score (nSPS) is 22.5. The Labute approximate surface area is 103 Å². The van der Waals surface area contributed by atoms with E-state index in [9.17, 15) is 9.59 Å². The fourth-order valence-corrected chi connectivity index (χ4v) is 2.25. The van der Waals surface area contributed by atoms with Crippen molar-refractivity contribution in [1.29, 1.82) is 0 Å². The van der Waals surface area contributed by atoms with Crippen molar-refractivity contribution in [2.75, 3.05) is 19.6 Å². The molecule has 0 aromatic heterocycles. The lowest BCUT2D eigenvalue weighted by atomic mass is 10.0. The van der Waals surface area contributed by atoms with Gasteiger partial charge >= 0.3 is 0 Å². The van der Waals surface area contributed by atoms with Gasteiger partial charge in [-0.25, -0.2) is 0 Å². The van der Waals surface area contributed by atoms with Gasteiger partial charge in [-0.3, -0.25) is 9.59 Å². The van der Waals surface area contributed by atoms with Gasteiger partial charge in [0.25, 0.3) is 0 Å². The molecular weight excluding hydrogens is 218 g/mol. The van der Waals surface area contributed by atoms with Crippen molar-refractivity contribution in [1.82, 2.24) is 9.80 Å². The van der Waals surface area contributed by atoms with Crippen LogP contribution in [0.2, 0.25) is 0 Å². The van der Waals surface area contributed by atoms with Crippen LogP contribution in [-0.2, 0) is 9.59 Å². The van der Waals surface area contributed by atoms with E-state index >= 15 is 0 Å². The smallest absolute Gasteiger partial charge is 0.245 e. The fourth-order valence-electron chi connectivity index (χ4n) is 2.25. The van der Waals surface area contributed by atoms with Crippen LogP contribution in [0.5, 0.6) is 0 Å². The monoisotopic (exact) mass is 241 g/mol. The molecule has 1 heterocycles. The lowest BCUT2D eigenvalue weighted by molar-refractivity contribution is -0.147. The molecule has 1 aliphatic rings. The van der Waals surface area contributed by atoms with Gasteiger partial charge in [-0.15, -0.1) is 0 Å². The summed E-state index contributed by atoms with van der Waals surface area (Å²) in [6.07, 6.45) is 1.60. The van der Waals surface area contributed by atoms with Gasteiger partial charge in [0, 0.05) is 19.6 Å². The van der Waals surface area contributed by atoms with E-state index < -0.39 is 12.1 Å². The minimum Gasteiger partial charge on any atom is -0.341 e. The third kappa shape index (κ3) is 2.97. The Bertz CT molecular complexity index is 289. The van der Waals surface area contributed by atoms with E-state index in [1.165, 1.54) is 0 Å². The average Bonchev–Trinajstić information content (AvgIpc) is 2.33.